The molecule has 0 N–H and O–H groups in total. The highest BCUT2D eigenvalue weighted by Gasteiger charge is 2.50. The molecule has 0 aliphatic carbocycles. The molecule has 2 rings (SSSR count). The fraction of sp³-hybridized carbons (Fsp3) is 0.950. The van der Waals surface area contributed by atoms with Crippen molar-refractivity contribution in [2.24, 2.45) is 0 Å². The van der Waals surface area contributed by atoms with Gasteiger partial charge in [-0.15, -0.1) is 0 Å². The van der Waals surface area contributed by atoms with E-state index in [2.05, 4.69) is 41.5 Å². The van der Waals surface area contributed by atoms with Gasteiger partial charge in [-0.05, 0) is 48.5 Å². The lowest BCUT2D eigenvalue weighted by Crippen LogP contribution is -2.62. The molecule has 0 aromatic rings. The van der Waals surface area contributed by atoms with Crippen molar-refractivity contribution >= 4 is 18.8 Å². The average molecular weight is 419 g/mol. The molecule has 0 spiro atoms. The zero-order valence-electron chi connectivity index (χ0n) is 18.9. The van der Waals surface area contributed by atoms with E-state index in [1.807, 2.05) is 17.1 Å². The van der Waals surface area contributed by atoms with Crippen LogP contribution in [0.2, 0.25) is 0 Å². The molecule has 0 radical (unpaired) electrons. The van der Waals surface area contributed by atoms with Crippen LogP contribution in [0.25, 0.3) is 0 Å². The second-order valence-corrected chi connectivity index (χ2v) is 11.1. The molecule has 2 aliphatic heterocycles. The van der Waals surface area contributed by atoms with Crippen LogP contribution in [0.1, 0.15) is 74.1 Å². The zero-order valence-corrected chi connectivity index (χ0v) is 19.8. The van der Waals surface area contributed by atoms with Gasteiger partial charge >= 0.3 is 6.16 Å². The predicted octanol–water partition coefficient (Wildman–Crippen LogP) is 4.17. The van der Waals surface area contributed by atoms with Crippen LogP contribution in [0, 0.1) is 0 Å². The SMILES string of the molecule is CON1C(C)(C)CC(OC(=O)OC2CC(C)(C)N(OC)C(C)(S)C2)CC1(C)C. The summed E-state index contributed by atoms with van der Waals surface area (Å²) in [5.74, 6) is 0. The summed E-state index contributed by atoms with van der Waals surface area (Å²) in [5.41, 5.74) is -0.823. The molecule has 0 aromatic carbocycles. The summed E-state index contributed by atoms with van der Waals surface area (Å²) in [6, 6.07) is 0. The van der Waals surface area contributed by atoms with E-state index in [0.717, 1.165) is 0 Å². The Labute approximate surface area is 175 Å². The standard InChI is InChI=1S/C20H38N2O5S/c1-17(2)10-14(11-18(3,4)21(17)24-8)26-16(23)27-15-12-19(5,6)22(25-9)20(7,28)13-15/h14-15,28H,10-13H2,1-9H3. The highest BCUT2D eigenvalue weighted by Crippen LogP contribution is 2.42. The zero-order chi connectivity index (χ0) is 21.5. The van der Waals surface area contributed by atoms with Crippen molar-refractivity contribution < 1.29 is 23.9 Å². The molecule has 2 unspecified atom stereocenters. The summed E-state index contributed by atoms with van der Waals surface area (Å²) in [6.07, 6.45) is 1.44. The van der Waals surface area contributed by atoms with Crippen LogP contribution in [0.15, 0.2) is 0 Å². The van der Waals surface area contributed by atoms with Crippen molar-refractivity contribution in [3.8, 4) is 0 Å². The second-order valence-electron chi connectivity index (χ2n) is 10.2. The molecule has 164 valence electrons. The molecular weight excluding hydrogens is 380 g/mol. The maximum absolute atomic E-state index is 12.6. The van der Waals surface area contributed by atoms with Gasteiger partial charge in [0.15, 0.2) is 0 Å². The molecule has 7 nitrogen and oxygen atoms in total. The summed E-state index contributed by atoms with van der Waals surface area (Å²) in [4.78, 5) is 23.2. The van der Waals surface area contributed by atoms with E-state index in [-0.39, 0.29) is 28.8 Å². The second kappa shape index (κ2) is 7.95. The first-order chi connectivity index (χ1) is 12.6. The Hall–Kier alpha value is -0.540. The smallest absolute Gasteiger partial charge is 0.431 e. The van der Waals surface area contributed by atoms with Crippen LogP contribution < -0.4 is 0 Å². The number of thiol groups is 1. The highest BCUT2D eigenvalue weighted by molar-refractivity contribution is 7.81. The molecule has 2 fully saturated rings. The highest BCUT2D eigenvalue weighted by atomic mass is 32.1. The minimum absolute atomic E-state index is 0.224. The van der Waals surface area contributed by atoms with Crippen LogP contribution in [-0.2, 0) is 19.1 Å². The third-order valence-electron chi connectivity index (χ3n) is 5.77. The fourth-order valence-electron chi connectivity index (χ4n) is 5.45. The predicted molar refractivity (Wildman–Crippen MR) is 111 cm³/mol. The Bertz CT molecular complexity index is 495. The number of carbonyl (C=O) groups is 1. The van der Waals surface area contributed by atoms with Crippen LogP contribution in [0.5, 0.6) is 0 Å². The number of hydrogen-bond acceptors (Lipinski definition) is 8. The Morgan fingerprint density at radius 1 is 0.750 bits per heavy atom. The minimum atomic E-state index is -0.613. The van der Waals surface area contributed by atoms with Gasteiger partial charge in [-0.3, -0.25) is 0 Å². The van der Waals surface area contributed by atoms with E-state index in [9.17, 15) is 4.79 Å². The van der Waals surface area contributed by atoms with E-state index < -0.39 is 11.0 Å². The number of hydrogen-bond donors (Lipinski definition) is 1. The van der Waals surface area contributed by atoms with Crippen LogP contribution in [0.3, 0.4) is 0 Å². The van der Waals surface area contributed by atoms with Crippen molar-refractivity contribution in [1.82, 2.24) is 10.1 Å². The number of ether oxygens (including phenoxy) is 2. The maximum atomic E-state index is 12.6. The van der Waals surface area contributed by atoms with Gasteiger partial charge in [-0.1, -0.05) is 0 Å². The number of nitrogens with zero attached hydrogens (tertiary/aromatic N) is 2. The number of carbonyl (C=O) groups excluding carboxylic acids is 1. The minimum Gasteiger partial charge on any atom is -0.431 e. The number of piperidine rings is 2. The summed E-state index contributed by atoms with van der Waals surface area (Å²) >= 11 is 4.73. The molecular formula is C20H38N2O5S. The van der Waals surface area contributed by atoms with Crippen LogP contribution >= 0.6 is 12.6 Å². The molecule has 0 amide bonds. The monoisotopic (exact) mass is 418 g/mol. The van der Waals surface area contributed by atoms with Gasteiger partial charge < -0.3 is 19.1 Å². The normalized spacial score (nSPS) is 33.4. The number of hydroxylamine groups is 4. The molecule has 2 heterocycles. The third-order valence-corrected chi connectivity index (χ3v) is 6.14. The lowest BCUT2D eigenvalue weighted by Gasteiger charge is -2.53. The van der Waals surface area contributed by atoms with Crippen molar-refractivity contribution in [1.29, 1.82) is 0 Å². The summed E-state index contributed by atoms with van der Waals surface area (Å²) in [6.45, 7) is 14.4. The van der Waals surface area contributed by atoms with Gasteiger partial charge in [0, 0.05) is 42.3 Å². The van der Waals surface area contributed by atoms with Gasteiger partial charge in [-0.25, -0.2) is 4.79 Å². The van der Waals surface area contributed by atoms with Gasteiger partial charge in [0.05, 0.1) is 19.1 Å². The van der Waals surface area contributed by atoms with E-state index in [1.165, 1.54) is 0 Å². The molecule has 0 aromatic heterocycles. The molecule has 2 saturated heterocycles. The van der Waals surface area contributed by atoms with Crippen LogP contribution in [0.4, 0.5) is 4.79 Å². The third kappa shape index (κ3) is 4.95. The lowest BCUT2D eigenvalue weighted by atomic mass is 9.80. The summed E-state index contributed by atoms with van der Waals surface area (Å²) < 4.78 is 11.4. The van der Waals surface area contributed by atoms with E-state index in [0.29, 0.717) is 25.7 Å². The molecule has 2 aliphatic rings. The molecule has 2 atom stereocenters. The van der Waals surface area contributed by atoms with Crippen molar-refractivity contribution in [2.75, 3.05) is 14.2 Å². The first-order valence-corrected chi connectivity index (χ1v) is 10.4. The van der Waals surface area contributed by atoms with Crippen molar-refractivity contribution in [3.05, 3.63) is 0 Å². The van der Waals surface area contributed by atoms with Gasteiger partial charge in [0.1, 0.15) is 12.2 Å². The van der Waals surface area contributed by atoms with Crippen LogP contribution in [-0.4, -0.2) is 64.2 Å². The van der Waals surface area contributed by atoms with E-state index >= 15 is 0 Å². The Kier molecular flexibility index (Phi) is 6.74. The topological polar surface area (TPSA) is 60.5 Å². The summed E-state index contributed by atoms with van der Waals surface area (Å²) in [7, 11) is 3.32. The van der Waals surface area contributed by atoms with E-state index in [4.69, 9.17) is 31.8 Å². The molecule has 28 heavy (non-hydrogen) atoms. The van der Waals surface area contributed by atoms with E-state index in [1.54, 1.807) is 14.2 Å². The van der Waals surface area contributed by atoms with Crippen molar-refractivity contribution in [2.45, 2.75) is 108 Å². The first kappa shape index (κ1) is 23.7. The molecule has 0 bridgehead atoms. The Balaban J connectivity index is 2.01. The molecule has 0 saturated carbocycles. The fourth-order valence-corrected chi connectivity index (χ4v) is 6.01. The largest absolute Gasteiger partial charge is 0.508 e. The Morgan fingerprint density at radius 2 is 1.11 bits per heavy atom. The van der Waals surface area contributed by atoms with Crippen molar-refractivity contribution in [3.63, 3.8) is 0 Å². The van der Waals surface area contributed by atoms with Gasteiger partial charge in [0.2, 0.25) is 0 Å². The van der Waals surface area contributed by atoms with Gasteiger partial charge in [-0.2, -0.15) is 22.8 Å². The average Bonchev–Trinajstić information content (AvgIpc) is 2.41. The van der Waals surface area contributed by atoms with Gasteiger partial charge in [0.25, 0.3) is 0 Å². The lowest BCUT2D eigenvalue weighted by molar-refractivity contribution is -0.278. The summed E-state index contributed by atoms with van der Waals surface area (Å²) in [5, 5.41) is 3.85. The Morgan fingerprint density at radius 3 is 1.46 bits per heavy atom. The number of rotatable bonds is 4. The maximum Gasteiger partial charge on any atom is 0.508 e. The molecule has 8 heteroatoms. The first-order valence-electron chi connectivity index (χ1n) is 9.93. The quantitative estimate of drug-likeness (QED) is 0.543.